The zero-order valence-electron chi connectivity index (χ0n) is 9.94. The van der Waals surface area contributed by atoms with E-state index in [1.54, 1.807) is 11.0 Å². The van der Waals surface area contributed by atoms with E-state index in [1.807, 2.05) is 4.90 Å². The molecule has 0 saturated carbocycles. The monoisotopic (exact) mass is 410 g/mol. The highest BCUT2D eigenvalue weighted by Crippen LogP contribution is 2.32. The molecule has 0 spiro atoms. The van der Waals surface area contributed by atoms with Crippen molar-refractivity contribution in [1.29, 1.82) is 0 Å². The maximum absolute atomic E-state index is 12.3. The highest BCUT2D eigenvalue weighted by atomic mass is 79.9. The summed E-state index contributed by atoms with van der Waals surface area (Å²) in [6.07, 6.45) is 0. The standard InChI is InChI=1S/C11H12Br2N2O3S/c12-8-5-7(10(13)19-8)11(18)15-3-1-14(2-4-15)6-9(16)17/h5H,1-4,6H2,(H,16,17). The van der Waals surface area contributed by atoms with Crippen molar-refractivity contribution in [1.82, 2.24) is 9.80 Å². The molecule has 1 aliphatic heterocycles. The maximum atomic E-state index is 12.3. The molecular weight excluding hydrogens is 400 g/mol. The lowest BCUT2D eigenvalue weighted by Gasteiger charge is -2.33. The van der Waals surface area contributed by atoms with Crippen LogP contribution in [-0.4, -0.2) is 59.5 Å². The van der Waals surface area contributed by atoms with Gasteiger partial charge in [0.1, 0.15) is 0 Å². The highest BCUT2D eigenvalue weighted by molar-refractivity contribution is 9.12. The highest BCUT2D eigenvalue weighted by Gasteiger charge is 2.25. The van der Waals surface area contributed by atoms with Gasteiger partial charge in [-0.3, -0.25) is 14.5 Å². The van der Waals surface area contributed by atoms with Gasteiger partial charge in [0.05, 0.1) is 19.7 Å². The Bertz CT molecular complexity index is 498. The predicted octanol–water partition coefficient (Wildman–Crippen LogP) is 2.12. The van der Waals surface area contributed by atoms with Crippen LogP contribution >= 0.6 is 43.2 Å². The summed E-state index contributed by atoms with van der Waals surface area (Å²) in [4.78, 5) is 26.5. The van der Waals surface area contributed by atoms with Crippen LogP contribution in [0.25, 0.3) is 0 Å². The Kier molecular flexibility index (Phi) is 4.99. The lowest BCUT2D eigenvalue weighted by atomic mass is 10.2. The number of carbonyl (C=O) groups is 2. The van der Waals surface area contributed by atoms with Gasteiger partial charge in [-0.15, -0.1) is 11.3 Å². The van der Waals surface area contributed by atoms with Gasteiger partial charge < -0.3 is 10.0 Å². The molecule has 104 valence electrons. The quantitative estimate of drug-likeness (QED) is 0.827. The first-order valence-corrected chi connectivity index (χ1v) is 8.06. The molecule has 0 unspecified atom stereocenters. The summed E-state index contributed by atoms with van der Waals surface area (Å²) in [5.74, 6) is -0.840. The van der Waals surface area contributed by atoms with Gasteiger partial charge >= 0.3 is 5.97 Å². The van der Waals surface area contributed by atoms with E-state index in [2.05, 4.69) is 31.9 Å². The fraction of sp³-hybridized carbons (Fsp3) is 0.455. The number of aliphatic carboxylic acids is 1. The predicted molar refractivity (Wildman–Crippen MR) is 79.7 cm³/mol. The number of thiophene rings is 1. The van der Waals surface area contributed by atoms with E-state index in [0.29, 0.717) is 31.7 Å². The molecule has 2 heterocycles. The summed E-state index contributed by atoms with van der Waals surface area (Å²) in [5, 5.41) is 8.73. The molecule has 1 aromatic rings. The average Bonchev–Trinajstić information content (AvgIpc) is 2.68. The normalized spacial score (nSPS) is 16.6. The second-order valence-corrected chi connectivity index (χ2v) is 7.95. The number of carboxylic acids is 1. The first-order valence-electron chi connectivity index (χ1n) is 5.65. The van der Waals surface area contributed by atoms with Crippen LogP contribution in [0.2, 0.25) is 0 Å². The van der Waals surface area contributed by atoms with E-state index in [1.165, 1.54) is 11.3 Å². The molecule has 19 heavy (non-hydrogen) atoms. The molecule has 2 rings (SSSR count). The van der Waals surface area contributed by atoms with E-state index in [9.17, 15) is 9.59 Å². The summed E-state index contributed by atoms with van der Waals surface area (Å²) in [7, 11) is 0. The topological polar surface area (TPSA) is 60.9 Å². The fourth-order valence-electron chi connectivity index (χ4n) is 1.96. The zero-order chi connectivity index (χ0) is 14.0. The third-order valence-corrected chi connectivity index (χ3v) is 5.24. The van der Waals surface area contributed by atoms with Crippen LogP contribution in [-0.2, 0) is 4.79 Å². The van der Waals surface area contributed by atoms with Crippen molar-refractivity contribution in [3.63, 3.8) is 0 Å². The Morgan fingerprint density at radius 2 is 1.89 bits per heavy atom. The maximum Gasteiger partial charge on any atom is 0.317 e. The van der Waals surface area contributed by atoms with Crippen molar-refractivity contribution in [2.45, 2.75) is 0 Å². The summed E-state index contributed by atoms with van der Waals surface area (Å²) in [6, 6.07) is 1.81. The number of hydrogen-bond acceptors (Lipinski definition) is 4. The fourth-order valence-corrected chi connectivity index (χ4v) is 4.73. The van der Waals surface area contributed by atoms with Gasteiger partial charge in [0, 0.05) is 26.2 Å². The number of piperazine rings is 1. The second-order valence-electron chi connectivity index (χ2n) is 4.20. The zero-order valence-corrected chi connectivity index (χ0v) is 13.9. The molecule has 8 heteroatoms. The molecule has 1 aromatic heterocycles. The van der Waals surface area contributed by atoms with Gasteiger partial charge in [-0.05, 0) is 37.9 Å². The summed E-state index contributed by atoms with van der Waals surface area (Å²) in [5.41, 5.74) is 0.656. The SMILES string of the molecule is O=C(O)CN1CCN(C(=O)c2cc(Br)sc2Br)CC1. The van der Waals surface area contributed by atoms with Crippen LogP contribution in [0.5, 0.6) is 0 Å². The second kappa shape index (κ2) is 6.34. The van der Waals surface area contributed by atoms with Crippen LogP contribution in [0, 0.1) is 0 Å². The van der Waals surface area contributed by atoms with E-state index in [-0.39, 0.29) is 12.5 Å². The molecule has 0 atom stereocenters. The molecule has 1 amide bonds. The number of carboxylic acid groups (broad SMARTS) is 1. The van der Waals surface area contributed by atoms with Gasteiger partial charge in [-0.25, -0.2) is 0 Å². The van der Waals surface area contributed by atoms with Crippen LogP contribution in [0.1, 0.15) is 10.4 Å². The number of rotatable bonds is 3. The third kappa shape index (κ3) is 3.77. The first-order chi connectivity index (χ1) is 8.97. The molecule has 1 fully saturated rings. The van der Waals surface area contributed by atoms with Crippen molar-refractivity contribution >= 4 is 55.1 Å². The van der Waals surface area contributed by atoms with E-state index in [4.69, 9.17) is 5.11 Å². The largest absolute Gasteiger partial charge is 0.480 e. The Labute approximate surface area is 131 Å². The lowest BCUT2D eigenvalue weighted by molar-refractivity contribution is -0.138. The first kappa shape index (κ1) is 15.0. The van der Waals surface area contributed by atoms with E-state index >= 15 is 0 Å². The number of amides is 1. The molecule has 0 bridgehead atoms. The van der Waals surface area contributed by atoms with Crippen LogP contribution in [0.3, 0.4) is 0 Å². The Balaban J connectivity index is 1.96. The third-order valence-electron chi connectivity index (χ3n) is 2.91. The number of nitrogens with zero attached hydrogens (tertiary/aromatic N) is 2. The Hall–Kier alpha value is -0.440. The van der Waals surface area contributed by atoms with Crippen molar-refractivity contribution in [3.05, 3.63) is 19.2 Å². The van der Waals surface area contributed by atoms with Gasteiger partial charge in [-0.1, -0.05) is 0 Å². The van der Waals surface area contributed by atoms with Crippen molar-refractivity contribution in [3.8, 4) is 0 Å². The van der Waals surface area contributed by atoms with E-state index in [0.717, 1.165) is 7.57 Å². The number of hydrogen-bond donors (Lipinski definition) is 1. The molecule has 0 aromatic carbocycles. The van der Waals surface area contributed by atoms with Gasteiger partial charge in [-0.2, -0.15) is 0 Å². The van der Waals surface area contributed by atoms with Crippen molar-refractivity contribution < 1.29 is 14.7 Å². The molecular formula is C11H12Br2N2O3S. The molecule has 1 N–H and O–H groups in total. The summed E-state index contributed by atoms with van der Waals surface area (Å²) < 4.78 is 1.73. The van der Waals surface area contributed by atoms with Gasteiger partial charge in [0.2, 0.25) is 0 Å². The van der Waals surface area contributed by atoms with Crippen molar-refractivity contribution in [2.24, 2.45) is 0 Å². The Morgan fingerprint density at radius 3 is 2.37 bits per heavy atom. The molecule has 1 saturated heterocycles. The molecule has 5 nitrogen and oxygen atoms in total. The summed E-state index contributed by atoms with van der Waals surface area (Å²) >= 11 is 8.21. The summed E-state index contributed by atoms with van der Waals surface area (Å²) in [6.45, 7) is 2.36. The van der Waals surface area contributed by atoms with Gasteiger partial charge in [0.25, 0.3) is 5.91 Å². The molecule has 1 aliphatic rings. The minimum atomic E-state index is -0.829. The minimum absolute atomic E-state index is 0.0104. The number of halogens is 2. The number of carbonyl (C=O) groups excluding carboxylic acids is 1. The lowest BCUT2D eigenvalue weighted by Crippen LogP contribution is -2.49. The van der Waals surface area contributed by atoms with Crippen LogP contribution in [0.15, 0.2) is 13.6 Å². The molecule has 0 aliphatic carbocycles. The Morgan fingerprint density at radius 1 is 1.26 bits per heavy atom. The van der Waals surface area contributed by atoms with Crippen molar-refractivity contribution in [2.75, 3.05) is 32.7 Å². The van der Waals surface area contributed by atoms with Gasteiger partial charge in [0.15, 0.2) is 0 Å². The average molecular weight is 412 g/mol. The van der Waals surface area contributed by atoms with Crippen LogP contribution < -0.4 is 0 Å². The minimum Gasteiger partial charge on any atom is -0.480 e. The smallest absolute Gasteiger partial charge is 0.317 e. The van der Waals surface area contributed by atoms with Crippen LogP contribution in [0.4, 0.5) is 0 Å². The van der Waals surface area contributed by atoms with E-state index < -0.39 is 5.97 Å². The molecule has 0 radical (unpaired) electrons.